The third kappa shape index (κ3) is 3.89. The summed E-state index contributed by atoms with van der Waals surface area (Å²) in [5, 5.41) is 15.8. The minimum absolute atomic E-state index is 0.123. The predicted molar refractivity (Wildman–Crippen MR) is 98.3 cm³/mol. The van der Waals surface area contributed by atoms with Gasteiger partial charge in [0.15, 0.2) is 0 Å². The number of anilines is 1. The third-order valence-electron chi connectivity index (χ3n) is 4.67. The third-order valence-corrected chi connectivity index (χ3v) is 4.67. The molecule has 1 atom stereocenters. The van der Waals surface area contributed by atoms with E-state index in [0.29, 0.717) is 5.95 Å². The van der Waals surface area contributed by atoms with Crippen LogP contribution in [0.4, 0.5) is 5.95 Å². The van der Waals surface area contributed by atoms with Gasteiger partial charge in [0.05, 0.1) is 18.9 Å². The summed E-state index contributed by atoms with van der Waals surface area (Å²) in [6.07, 6.45) is 0. The van der Waals surface area contributed by atoms with Gasteiger partial charge in [-0.25, -0.2) is 0 Å². The predicted octanol–water partition coefficient (Wildman–Crippen LogP) is 0.731. The highest BCUT2D eigenvalue weighted by Crippen LogP contribution is 2.18. The van der Waals surface area contributed by atoms with Crippen molar-refractivity contribution in [3.63, 3.8) is 0 Å². The van der Waals surface area contributed by atoms with Crippen molar-refractivity contribution in [1.29, 1.82) is 0 Å². The van der Waals surface area contributed by atoms with Gasteiger partial charge in [0.2, 0.25) is 5.95 Å². The Morgan fingerprint density at radius 3 is 2.42 bits per heavy atom. The first-order valence-electron chi connectivity index (χ1n) is 8.97. The first-order chi connectivity index (χ1) is 12.9. The van der Waals surface area contributed by atoms with Gasteiger partial charge in [-0.1, -0.05) is 53.6 Å². The van der Waals surface area contributed by atoms with Crippen LogP contribution in [-0.4, -0.2) is 53.1 Å². The van der Waals surface area contributed by atoms with Crippen LogP contribution in [0.25, 0.3) is 5.69 Å². The minimum atomic E-state index is 0.123. The SMILES string of the molecule is c1ccc([C@H](C[NH+]2CCOCC2)Nc2nnnn2-c2ccccc2)cc1. The Labute approximate surface area is 152 Å². The fourth-order valence-corrected chi connectivity index (χ4v) is 3.27. The second-order valence-corrected chi connectivity index (χ2v) is 6.42. The van der Waals surface area contributed by atoms with Crippen LogP contribution in [0.5, 0.6) is 0 Å². The monoisotopic (exact) mass is 351 g/mol. The molecule has 0 bridgehead atoms. The Hall–Kier alpha value is -2.77. The van der Waals surface area contributed by atoms with Gasteiger partial charge >= 0.3 is 0 Å². The van der Waals surface area contributed by atoms with E-state index in [2.05, 4.69) is 45.1 Å². The summed E-state index contributed by atoms with van der Waals surface area (Å²) in [7, 11) is 0. The Balaban J connectivity index is 1.58. The van der Waals surface area contributed by atoms with E-state index in [1.54, 1.807) is 4.68 Å². The Morgan fingerprint density at radius 1 is 1.00 bits per heavy atom. The zero-order chi connectivity index (χ0) is 17.6. The summed E-state index contributed by atoms with van der Waals surface area (Å²) in [4.78, 5) is 1.52. The van der Waals surface area contributed by atoms with Crippen molar-refractivity contribution in [1.82, 2.24) is 20.2 Å². The first-order valence-corrected chi connectivity index (χ1v) is 8.97. The number of hydrogen-bond acceptors (Lipinski definition) is 5. The van der Waals surface area contributed by atoms with Crippen molar-refractivity contribution in [3.05, 3.63) is 66.2 Å². The fraction of sp³-hybridized carbons (Fsp3) is 0.316. The van der Waals surface area contributed by atoms with Crippen molar-refractivity contribution >= 4 is 5.95 Å². The summed E-state index contributed by atoms with van der Waals surface area (Å²) < 4.78 is 7.23. The second-order valence-electron chi connectivity index (χ2n) is 6.42. The number of nitrogens with one attached hydrogen (secondary N) is 2. The van der Waals surface area contributed by atoms with Gasteiger partial charge in [-0.3, -0.25) is 0 Å². The lowest BCUT2D eigenvalue weighted by atomic mass is 10.1. The van der Waals surface area contributed by atoms with E-state index in [9.17, 15) is 0 Å². The molecule has 7 nitrogen and oxygen atoms in total. The lowest BCUT2D eigenvalue weighted by molar-refractivity contribution is -0.909. The van der Waals surface area contributed by atoms with Crippen molar-refractivity contribution in [2.45, 2.75) is 6.04 Å². The van der Waals surface area contributed by atoms with Gasteiger partial charge in [0.1, 0.15) is 25.7 Å². The molecule has 3 aromatic rings. The average molecular weight is 351 g/mol. The number of para-hydroxylation sites is 1. The molecule has 2 heterocycles. The average Bonchev–Trinajstić information content (AvgIpc) is 3.18. The molecule has 134 valence electrons. The van der Waals surface area contributed by atoms with Gasteiger partial charge in [0.25, 0.3) is 0 Å². The van der Waals surface area contributed by atoms with Crippen LogP contribution in [0.1, 0.15) is 11.6 Å². The summed E-state index contributed by atoms with van der Waals surface area (Å²) >= 11 is 0. The molecule has 1 aliphatic heterocycles. The number of quaternary nitrogens is 1. The summed E-state index contributed by atoms with van der Waals surface area (Å²) in [6.45, 7) is 4.63. The first kappa shape index (κ1) is 16.7. The molecule has 0 unspecified atom stereocenters. The molecule has 1 fully saturated rings. The molecule has 0 amide bonds. The Bertz CT molecular complexity index is 801. The molecular weight excluding hydrogens is 328 g/mol. The maximum absolute atomic E-state index is 5.49. The normalized spacial score (nSPS) is 16.3. The van der Waals surface area contributed by atoms with E-state index in [4.69, 9.17) is 4.74 Å². The minimum Gasteiger partial charge on any atom is -0.370 e. The second kappa shape index (κ2) is 8.07. The van der Waals surface area contributed by atoms with Crippen LogP contribution < -0.4 is 10.2 Å². The van der Waals surface area contributed by atoms with Crippen LogP contribution in [0.15, 0.2) is 60.7 Å². The highest BCUT2D eigenvalue weighted by atomic mass is 16.5. The van der Waals surface area contributed by atoms with E-state index in [1.807, 2.05) is 36.4 Å². The summed E-state index contributed by atoms with van der Waals surface area (Å²) in [5.41, 5.74) is 2.17. The number of rotatable bonds is 6. The van der Waals surface area contributed by atoms with E-state index in [-0.39, 0.29) is 6.04 Å². The Morgan fingerprint density at radius 2 is 1.69 bits per heavy atom. The number of aromatic nitrogens is 4. The van der Waals surface area contributed by atoms with Crippen LogP contribution in [0.2, 0.25) is 0 Å². The van der Waals surface area contributed by atoms with Gasteiger partial charge in [-0.05, 0) is 28.1 Å². The van der Waals surface area contributed by atoms with Crippen LogP contribution in [-0.2, 0) is 4.74 Å². The number of tetrazole rings is 1. The number of hydrogen-bond donors (Lipinski definition) is 2. The molecule has 4 rings (SSSR count). The maximum Gasteiger partial charge on any atom is 0.248 e. The van der Waals surface area contributed by atoms with Gasteiger partial charge < -0.3 is 15.0 Å². The van der Waals surface area contributed by atoms with Crippen molar-refractivity contribution in [2.24, 2.45) is 0 Å². The zero-order valence-corrected chi connectivity index (χ0v) is 14.6. The fourth-order valence-electron chi connectivity index (χ4n) is 3.27. The van der Waals surface area contributed by atoms with Crippen molar-refractivity contribution in [2.75, 3.05) is 38.2 Å². The van der Waals surface area contributed by atoms with E-state index in [1.165, 1.54) is 10.5 Å². The highest BCUT2D eigenvalue weighted by molar-refractivity contribution is 5.40. The quantitative estimate of drug-likeness (QED) is 0.685. The smallest absolute Gasteiger partial charge is 0.248 e. The van der Waals surface area contributed by atoms with E-state index >= 15 is 0 Å². The number of benzene rings is 2. The molecule has 0 radical (unpaired) electrons. The largest absolute Gasteiger partial charge is 0.370 e. The molecule has 1 aliphatic rings. The van der Waals surface area contributed by atoms with Crippen LogP contribution in [0.3, 0.4) is 0 Å². The molecule has 0 aliphatic carbocycles. The molecule has 1 aromatic heterocycles. The maximum atomic E-state index is 5.49. The molecule has 2 N–H and O–H groups in total. The van der Waals surface area contributed by atoms with Crippen molar-refractivity contribution < 1.29 is 9.64 Å². The van der Waals surface area contributed by atoms with E-state index in [0.717, 1.165) is 38.5 Å². The molecule has 26 heavy (non-hydrogen) atoms. The van der Waals surface area contributed by atoms with Gasteiger partial charge in [-0.2, -0.15) is 4.68 Å². The molecule has 2 aromatic carbocycles. The number of nitrogens with zero attached hydrogens (tertiary/aromatic N) is 4. The standard InChI is InChI=1S/C19H22N6O/c1-3-7-16(8-4-1)18(15-24-11-13-26-14-12-24)20-19-21-22-23-25(19)17-9-5-2-6-10-17/h1-10,18H,11-15H2,(H,20,21,23)/p+1/t18-/m0/s1. The molecular formula is C19H23N6O+. The van der Waals surface area contributed by atoms with Crippen LogP contribution >= 0.6 is 0 Å². The Kier molecular flexibility index (Phi) is 5.18. The zero-order valence-electron chi connectivity index (χ0n) is 14.6. The number of ether oxygens (including phenoxy) is 1. The molecule has 1 saturated heterocycles. The molecule has 7 heteroatoms. The van der Waals surface area contributed by atoms with Gasteiger partial charge in [-0.15, -0.1) is 0 Å². The summed E-state index contributed by atoms with van der Waals surface area (Å²) in [6, 6.07) is 20.5. The topological polar surface area (TPSA) is 69.3 Å². The molecule has 0 saturated carbocycles. The lowest BCUT2D eigenvalue weighted by Crippen LogP contribution is -3.14. The van der Waals surface area contributed by atoms with Crippen molar-refractivity contribution in [3.8, 4) is 5.69 Å². The van der Waals surface area contributed by atoms with E-state index < -0.39 is 0 Å². The number of morpholine rings is 1. The highest BCUT2D eigenvalue weighted by Gasteiger charge is 2.23. The van der Waals surface area contributed by atoms with Crippen LogP contribution in [0, 0.1) is 0 Å². The summed E-state index contributed by atoms with van der Waals surface area (Å²) in [5.74, 6) is 0.651. The van der Waals surface area contributed by atoms with Gasteiger partial charge in [0, 0.05) is 0 Å². The lowest BCUT2D eigenvalue weighted by Gasteiger charge is -2.28. The molecule has 0 spiro atoms.